The first-order chi connectivity index (χ1) is 6.33. The first-order valence-electron chi connectivity index (χ1n) is 4.58. The normalized spacial score (nSPS) is 11.0. The van der Waals surface area contributed by atoms with E-state index < -0.39 is 0 Å². The molecule has 1 aromatic heterocycles. The molecule has 0 N–H and O–H groups in total. The van der Waals surface area contributed by atoms with E-state index in [0.717, 1.165) is 31.8 Å². The van der Waals surface area contributed by atoms with E-state index >= 15 is 0 Å². The second-order valence-corrected chi connectivity index (χ2v) is 3.64. The average Bonchev–Trinajstić information content (AvgIpc) is 2.57. The second-order valence-electron chi connectivity index (χ2n) is 3.27. The van der Waals surface area contributed by atoms with Crippen molar-refractivity contribution in [3.63, 3.8) is 0 Å². The van der Waals surface area contributed by atoms with E-state index in [9.17, 15) is 0 Å². The molecule has 1 rings (SSSR count). The fourth-order valence-corrected chi connectivity index (χ4v) is 1.44. The SMILES string of the molecule is CN(CCCCCl)Cc1ccoc1. The van der Waals surface area contributed by atoms with Crippen molar-refractivity contribution in [1.82, 2.24) is 4.90 Å². The molecule has 0 aliphatic heterocycles. The highest BCUT2D eigenvalue weighted by Crippen LogP contribution is 2.04. The number of halogens is 1. The van der Waals surface area contributed by atoms with Gasteiger partial charge in [-0.25, -0.2) is 0 Å². The Morgan fingerprint density at radius 2 is 2.31 bits per heavy atom. The summed E-state index contributed by atoms with van der Waals surface area (Å²) >= 11 is 5.59. The molecule has 0 bridgehead atoms. The minimum absolute atomic E-state index is 0.763. The van der Waals surface area contributed by atoms with E-state index in [0.29, 0.717) is 0 Å². The number of hydrogen-bond donors (Lipinski definition) is 0. The molecule has 1 heterocycles. The molecule has 0 aliphatic carbocycles. The largest absolute Gasteiger partial charge is 0.472 e. The number of hydrogen-bond acceptors (Lipinski definition) is 2. The van der Waals surface area contributed by atoms with Gasteiger partial charge >= 0.3 is 0 Å². The van der Waals surface area contributed by atoms with Crippen LogP contribution in [0.15, 0.2) is 23.0 Å². The Balaban J connectivity index is 2.14. The van der Waals surface area contributed by atoms with Gasteiger partial charge in [0.15, 0.2) is 0 Å². The maximum atomic E-state index is 5.59. The fraction of sp³-hybridized carbons (Fsp3) is 0.600. The monoisotopic (exact) mass is 201 g/mol. The van der Waals surface area contributed by atoms with Crippen molar-refractivity contribution in [3.8, 4) is 0 Å². The highest BCUT2D eigenvalue weighted by Gasteiger charge is 2.00. The minimum atomic E-state index is 0.763. The van der Waals surface area contributed by atoms with Gasteiger partial charge in [-0.1, -0.05) is 0 Å². The van der Waals surface area contributed by atoms with E-state index in [4.69, 9.17) is 16.0 Å². The predicted octanol–water partition coefficient (Wildman–Crippen LogP) is 2.73. The van der Waals surface area contributed by atoms with Crippen molar-refractivity contribution < 1.29 is 4.42 Å². The van der Waals surface area contributed by atoms with E-state index in [2.05, 4.69) is 11.9 Å². The van der Waals surface area contributed by atoms with E-state index in [-0.39, 0.29) is 0 Å². The summed E-state index contributed by atoms with van der Waals surface area (Å²) in [6, 6.07) is 2.00. The summed E-state index contributed by atoms with van der Waals surface area (Å²) in [6.07, 6.45) is 5.76. The summed E-state index contributed by atoms with van der Waals surface area (Å²) in [5.74, 6) is 0.763. The number of rotatable bonds is 6. The van der Waals surface area contributed by atoms with Gasteiger partial charge in [0.25, 0.3) is 0 Å². The van der Waals surface area contributed by atoms with Crippen LogP contribution in [-0.2, 0) is 6.54 Å². The summed E-state index contributed by atoms with van der Waals surface area (Å²) in [5, 5.41) is 0. The number of unbranched alkanes of at least 4 members (excludes halogenated alkanes) is 1. The quantitative estimate of drug-likeness (QED) is 0.520. The van der Waals surface area contributed by atoms with Crippen molar-refractivity contribution in [2.75, 3.05) is 19.5 Å². The first kappa shape index (κ1) is 10.6. The first-order valence-corrected chi connectivity index (χ1v) is 5.12. The van der Waals surface area contributed by atoms with Crippen LogP contribution >= 0.6 is 11.6 Å². The standard InChI is InChI=1S/C10H16ClNO/c1-12(6-3-2-5-11)8-10-4-7-13-9-10/h4,7,9H,2-3,5-6,8H2,1H3. The van der Waals surface area contributed by atoms with E-state index in [1.54, 1.807) is 12.5 Å². The molecule has 0 unspecified atom stereocenters. The molecule has 0 aromatic carbocycles. The van der Waals surface area contributed by atoms with Crippen molar-refractivity contribution in [1.29, 1.82) is 0 Å². The van der Waals surface area contributed by atoms with Crippen LogP contribution in [0.4, 0.5) is 0 Å². The van der Waals surface area contributed by atoms with Crippen molar-refractivity contribution >= 4 is 11.6 Å². The lowest BCUT2D eigenvalue weighted by molar-refractivity contribution is 0.320. The zero-order valence-electron chi connectivity index (χ0n) is 8.00. The zero-order chi connectivity index (χ0) is 9.52. The molecule has 0 radical (unpaired) electrons. The number of nitrogens with zero attached hydrogens (tertiary/aromatic N) is 1. The molecule has 74 valence electrons. The predicted molar refractivity (Wildman–Crippen MR) is 55.0 cm³/mol. The molecule has 3 heteroatoms. The maximum absolute atomic E-state index is 5.59. The molecular formula is C10H16ClNO. The molecule has 13 heavy (non-hydrogen) atoms. The third-order valence-corrected chi connectivity index (χ3v) is 2.22. The van der Waals surface area contributed by atoms with Crippen molar-refractivity contribution in [3.05, 3.63) is 24.2 Å². The van der Waals surface area contributed by atoms with Crippen LogP contribution in [0.1, 0.15) is 18.4 Å². The Hall–Kier alpha value is -0.470. The number of furan rings is 1. The van der Waals surface area contributed by atoms with Crippen LogP contribution < -0.4 is 0 Å². The van der Waals surface area contributed by atoms with Crippen LogP contribution in [0.2, 0.25) is 0 Å². The Morgan fingerprint density at radius 3 is 2.92 bits per heavy atom. The van der Waals surface area contributed by atoms with Gasteiger partial charge in [-0.3, -0.25) is 0 Å². The zero-order valence-corrected chi connectivity index (χ0v) is 8.76. The Kier molecular flexibility index (Phi) is 4.94. The summed E-state index contributed by atoms with van der Waals surface area (Å²) in [7, 11) is 2.11. The Labute approximate surface area is 84.5 Å². The lowest BCUT2D eigenvalue weighted by Gasteiger charge is -2.14. The third kappa shape index (κ3) is 4.34. The summed E-state index contributed by atoms with van der Waals surface area (Å²) < 4.78 is 4.99. The van der Waals surface area contributed by atoms with Crippen LogP contribution in [0.25, 0.3) is 0 Å². The topological polar surface area (TPSA) is 16.4 Å². The van der Waals surface area contributed by atoms with Gasteiger partial charge in [-0.15, -0.1) is 11.6 Å². The molecule has 1 aromatic rings. The van der Waals surface area contributed by atoms with Crippen LogP contribution in [0, 0.1) is 0 Å². The molecule has 2 nitrogen and oxygen atoms in total. The third-order valence-electron chi connectivity index (χ3n) is 1.96. The van der Waals surface area contributed by atoms with Crippen LogP contribution in [-0.4, -0.2) is 24.4 Å². The number of alkyl halides is 1. The van der Waals surface area contributed by atoms with Crippen molar-refractivity contribution in [2.24, 2.45) is 0 Å². The highest BCUT2D eigenvalue weighted by atomic mass is 35.5. The Bertz CT molecular complexity index is 211. The van der Waals surface area contributed by atoms with Crippen LogP contribution in [0.5, 0.6) is 0 Å². The van der Waals surface area contributed by atoms with Crippen LogP contribution in [0.3, 0.4) is 0 Å². The van der Waals surface area contributed by atoms with E-state index in [1.165, 1.54) is 5.56 Å². The summed E-state index contributed by atoms with van der Waals surface area (Å²) in [4.78, 5) is 2.28. The molecule has 0 saturated heterocycles. The van der Waals surface area contributed by atoms with Gasteiger partial charge in [0.2, 0.25) is 0 Å². The van der Waals surface area contributed by atoms with E-state index in [1.807, 2.05) is 6.07 Å². The molecule has 0 spiro atoms. The van der Waals surface area contributed by atoms with Crippen molar-refractivity contribution in [2.45, 2.75) is 19.4 Å². The average molecular weight is 202 g/mol. The van der Waals surface area contributed by atoms with Gasteiger partial charge in [0.1, 0.15) is 0 Å². The Morgan fingerprint density at radius 1 is 1.46 bits per heavy atom. The molecular weight excluding hydrogens is 186 g/mol. The molecule has 0 saturated carbocycles. The lowest BCUT2D eigenvalue weighted by atomic mass is 10.3. The second kappa shape index (κ2) is 6.06. The lowest BCUT2D eigenvalue weighted by Crippen LogP contribution is -2.18. The smallest absolute Gasteiger partial charge is 0.0947 e. The molecule has 0 amide bonds. The van der Waals surface area contributed by atoms with Gasteiger partial charge in [0, 0.05) is 18.0 Å². The van der Waals surface area contributed by atoms with Gasteiger partial charge in [-0.2, -0.15) is 0 Å². The fourth-order valence-electron chi connectivity index (χ4n) is 1.25. The molecule has 0 atom stereocenters. The van der Waals surface area contributed by atoms with Gasteiger partial charge in [-0.05, 0) is 32.5 Å². The molecule has 0 fully saturated rings. The maximum Gasteiger partial charge on any atom is 0.0947 e. The minimum Gasteiger partial charge on any atom is -0.472 e. The summed E-state index contributed by atoms with van der Waals surface area (Å²) in [5.41, 5.74) is 1.23. The van der Waals surface area contributed by atoms with Gasteiger partial charge < -0.3 is 9.32 Å². The summed E-state index contributed by atoms with van der Waals surface area (Å²) in [6.45, 7) is 2.05. The molecule has 0 aliphatic rings. The van der Waals surface area contributed by atoms with Gasteiger partial charge in [0.05, 0.1) is 12.5 Å². The highest BCUT2D eigenvalue weighted by molar-refractivity contribution is 6.17.